The van der Waals surface area contributed by atoms with Gasteiger partial charge in [-0.3, -0.25) is 14.4 Å². The van der Waals surface area contributed by atoms with Gasteiger partial charge in [-0.1, -0.05) is 6.07 Å². The lowest BCUT2D eigenvalue weighted by Gasteiger charge is -2.13. The molecule has 1 aromatic rings. The summed E-state index contributed by atoms with van der Waals surface area (Å²) in [5.74, 6) is -9.93. The maximum absolute atomic E-state index is 13.3. The van der Waals surface area contributed by atoms with Crippen LogP contribution in [-0.2, 0) is 9.59 Å². The normalized spacial score (nSPS) is 13.2. The fourth-order valence-corrected chi connectivity index (χ4v) is 1.68. The highest BCUT2D eigenvalue weighted by Gasteiger charge is 2.50. The number of hydrogen-bond donors (Lipinski definition) is 0. The summed E-state index contributed by atoms with van der Waals surface area (Å²) in [7, 11) is 0. The van der Waals surface area contributed by atoms with Gasteiger partial charge in [-0.2, -0.15) is 8.78 Å². The Hall–Kier alpha value is -1.50. The molecule has 1 atom stereocenters. The Balaban J connectivity index is 2.92. The molecule has 1 rings (SSSR count). The summed E-state index contributed by atoms with van der Waals surface area (Å²) in [5.41, 5.74) is 0. The molecule has 3 nitrogen and oxygen atoms in total. The number of hydrogen-bond acceptors (Lipinski definition) is 4. The van der Waals surface area contributed by atoms with Crippen LogP contribution in [0.3, 0.4) is 0 Å². The van der Waals surface area contributed by atoms with E-state index in [4.69, 9.17) is 0 Å². The third kappa shape index (κ3) is 2.60. The second-order valence-corrected chi connectivity index (χ2v) is 4.15. The summed E-state index contributed by atoms with van der Waals surface area (Å²) in [6.45, 7) is 0.459. The number of halogens is 3. The summed E-state index contributed by atoms with van der Waals surface area (Å²) < 4.78 is 39.1. The van der Waals surface area contributed by atoms with Crippen molar-refractivity contribution < 1.29 is 27.6 Å². The smallest absolute Gasteiger partial charge is 0.293 e. The number of Topliss-reactive ketones (excluding diaryl/α,β-unsaturated/α-hetero) is 3. The topological polar surface area (TPSA) is 51.2 Å². The molecule has 17 heavy (non-hydrogen) atoms. The van der Waals surface area contributed by atoms with Crippen LogP contribution >= 0.6 is 11.3 Å². The van der Waals surface area contributed by atoms with E-state index in [1.54, 1.807) is 0 Å². The van der Waals surface area contributed by atoms with Crippen molar-refractivity contribution in [2.24, 2.45) is 0 Å². The van der Waals surface area contributed by atoms with Crippen LogP contribution in [0.4, 0.5) is 13.2 Å². The average Bonchev–Trinajstić information content (AvgIpc) is 2.79. The van der Waals surface area contributed by atoms with Crippen molar-refractivity contribution >= 4 is 28.7 Å². The van der Waals surface area contributed by atoms with Gasteiger partial charge in [-0.05, 0) is 11.4 Å². The second kappa shape index (κ2) is 4.79. The first-order valence-corrected chi connectivity index (χ1v) is 5.31. The molecule has 0 N–H and O–H groups in total. The Morgan fingerprint density at radius 2 is 1.94 bits per heavy atom. The molecule has 0 saturated heterocycles. The van der Waals surface area contributed by atoms with E-state index in [1.165, 1.54) is 17.5 Å². The maximum atomic E-state index is 13.3. The first-order valence-electron chi connectivity index (χ1n) is 4.43. The van der Waals surface area contributed by atoms with Crippen LogP contribution < -0.4 is 0 Å². The van der Waals surface area contributed by atoms with Crippen LogP contribution in [-0.4, -0.2) is 29.4 Å². The van der Waals surface area contributed by atoms with Crippen LogP contribution in [0.2, 0.25) is 0 Å². The molecule has 0 aromatic carbocycles. The second-order valence-electron chi connectivity index (χ2n) is 3.20. The Morgan fingerprint density at radius 1 is 1.35 bits per heavy atom. The van der Waals surface area contributed by atoms with E-state index in [9.17, 15) is 27.6 Å². The Bertz CT molecular complexity index is 453. The Morgan fingerprint density at radius 3 is 2.35 bits per heavy atom. The zero-order valence-corrected chi connectivity index (χ0v) is 9.39. The van der Waals surface area contributed by atoms with Crippen molar-refractivity contribution in [3.8, 4) is 0 Å². The van der Waals surface area contributed by atoms with Gasteiger partial charge < -0.3 is 0 Å². The molecule has 1 heterocycles. The van der Waals surface area contributed by atoms with Crippen molar-refractivity contribution in [2.45, 2.75) is 19.0 Å². The molecule has 7 heteroatoms. The van der Waals surface area contributed by atoms with Gasteiger partial charge in [0.15, 0.2) is 0 Å². The van der Waals surface area contributed by atoms with Gasteiger partial charge in [0, 0.05) is 6.92 Å². The van der Waals surface area contributed by atoms with Crippen LogP contribution in [0.5, 0.6) is 0 Å². The van der Waals surface area contributed by atoms with E-state index >= 15 is 0 Å². The van der Waals surface area contributed by atoms with Crippen molar-refractivity contribution in [1.82, 2.24) is 0 Å². The first kappa shape index (κ1) is 13.6. The zero-order chi connectivity index (χ0) is 13.2. The minimum Gasteiger partial charge on any atom is -0.293 e. The molecule has 0 bridgehead atoms. The van der Waals surface area contributed by atoms with Crippen molar-refractivity contribution in [2.75, 3.05) is 0 Å². The van der Waals surface area contributed by atoms with Gasteiger partial charge >= 0.3 is 5.92 Å². The number of thiophene rings is 1. The molecule has 0 aliphatic rings. The van der Waals surface area contributed by atoms with Crippen LogP contribution in [0.25, 0.3) is 0 Å². The minimum atomic E-state index is -4.47. The minimum absolute atomic E-state index is 0.148. The SMILES string of the molecule is CC(=O)C(F)(F)C(=O)C(F)C(=O)c1cccs1. The standard InChI is InChI=1S/C10H7F3O3S/c1-5(14)10(12,13)9(16)7(11)8(15)6-3-2-4-17-6/h2-4,7H,1H3. The Kier molecular flexibility index (Phi) is 3.82. The van der Waals surface area contributed by atoms with E-state index in [2.05, 4.69) is 0 Å². The largest absolute Gasteiger partial charge is 0.365 e. The third-order valence-electron chi connectivity index (χ3n) is 1.98. The molecule has 0 radical (unpaired) electrons. The van der Waals surface area contributed by atoms with E-state index in [0.717, 1.165) is 11.3 Å². The predicted octanol–water partition coefficient (Wildman–Crippen LogP) is 2.06. The van der Waals surface area contributed by atoms with Crippen molar-refractivity contribution in [1.29, 1.82) is 0 Å². The molecule has 0 saturated carbocycles. The highest BCUT2D eigenvalue weighted by Crippen LogP contribution is 2.22. The van der Waals surface area contributed by atoms with Crippen molar-refractivity contribution in [3.05, 3.63) is 22.4 Å². The molecular weight excluding hydrogens is 257 g/mol. The highest BCUT2D eigenvalue weighted by molar-refractivity contribution is 7.12. The van der Waals surface area contributed by atoms with Crippen molar-refractivity contribution in [3.63, 3.8) is 0 Å². The molecule has 0 fully saturated rings. The lowest BCUT2D eigenvalue weighted by molar-refractivity contribution is -0.157. The van der Waals surface area contributed by atoms with Gasteiger partial charge in [0.1, 0.15) is 0 Å². The number of rotatable bonds is 5. The summed E-state index contributed by atoms with van der Waals surface area (Å²) in [6, 6.07) is 2.62. The van der Waals surface area contributed by atoms with Crippen LogP contribution in [0.15, 0.2) is 17.5 Å². The van der Waals surface area contributed by atoms with Crippen LogP contribution in [0.1, 0.15) is 16.6 Å². The lowest BCUT2D eigenvalue weighted by atomic mass is 10.0. The van der Waals surface area contributed by atoms with Gasteiger partial charge in [0.25, 0.3) is 5.78 Å². The monoisotopic (exact) mass is 264 g/mol. The van der Waals surface area contributed by atoms with Gasteiger partial charge in [0.05, 0.1) is 4.88 Å². The molecule has 0 aliphatic carbocycles. The molecule has 1 aromatic heterocycles. The third-order valence-corrected chi connectivity index (χ3v) is 2.86. The molecular formula is C10H7F3O3S. The molecule has 0 aliphatic heterocycles. The Labute approximate surface area is 98.2 Å². The number of carbonyl (C=O) groups excluding carboxylic acids is 3. The molecule has 0 amide bonds. The summed E-state index contributed by atoms with van der Waals surface area (Å²) in [5, 5.41) is 1.44. The fourth-order valence-electron chi connectivity index (χ4n) is 0.995. The van der Waals surface area contributed by atoms with E-state index < -0.39 is 29.4 Å². The van der Waals surface area contributed by atoms with Gasteiger partial charge in [0.2, 0.25) is 17.7 Å². The average molecular weight is 264 g/mol. The first-order chi connectivity index (χ1) is 7.78. The molecule has 1 unspecified atom stereocenters. The van der Waals surface area contributed by atoms with E-state index in [0.29, 0.717) is 6.92 Å². The lowest BCUT2D eigenvalue weighted by Crippen LogP contribution is -2.44. The predicted molar refractivity (Wildman–Crippen MR) is 54.2 cm³/mol. The summed E-state index contributed by atoms with van der Waals surface area (Å²) in [4.78, 5) is 32.6. The highest BCUT2D eigenvalue weighted by atomic mass is 32.1. The number of carbonyl (C=O) groups is 3. The van der Waals surface area contributed by atoms with Gasteiger partial charge in [-0.15, -0.1) is 11.3 Å². The zero-order valence-electron chi connectivity index (χ0n) is 8.58. The van der Waals surface area contributed by atoms with E-state index in [1.807, 2.05) is 0 Å². The molecule has 92 valence electrons. The summed E-state index contributed by atoms with van der Waals surface area (Å²) in [6.07, 6.45) is -3.02. The number of ketones is 3. The van der Waals surface area contributed by atoms with Gasteiger partial charge in [-0.25, -0.2) is 4.39 Å². The molecule has 0 spiro atoms. The maximum Gasteiger partial charge on any atom is 0.365 e. The number of alkyl halides is 3. The van der Waals surface area contributed by atoms with E-state index in [-0.39, 0.29) is 4.88 Å². The fraction of sp³-hybridized carbons (Fsp3) is 0.300. The van der Waals surface area contributed by atoms with Crippen LogP contribution in [0, 0.1) is 0 Å². The quantitative estimate of drug-likeness (QED) is 0.604. The summed E-state index contributed by atoms with van der Waals surface area (Å²) >= 11 is 0.824.